The van der Waals surface area contributed by atoms with Gasteiger partial charge in [-0.05, 0) is 30.9 Å². The van der Waals surface area contributed by atoms with Crippen LogP contribution in [-0.2, 0) is 11.2 Å². The molecule has 1 amide bonds. The van der Waals surface area contributed by atoms with Crippen LogP contribution >= 0.6 is 11.6 Å². The monoisotopic (exact) mass is 273 g/mol. The van der Waals surface area contributed by atoms with Crippen LogP contribution in [0.5, 0.6) is 0 Å². The van der Waals surface area contributed by atoms with Crippen LogP contribution in [0, 0.1) is 11.6 Å². The maximum atomic E-state index is 13.4. The summed E-state index contributed by atoms with van der Waals surface area (Å²) in [4.78, 5) is 11.8. The Kier molecular flexibility index (Phi) is 3.85. The predicted molar refractivity (Wildman–Crippen MR) is 65.5 cm³/mol. The van der Waals surface area contributed by atoms with E-state index in [1.807, 2.05) is 0 Å². The third-order valence-corrected chi connectivity index (χ3v) is 3.85. The summed E-state index contributed by atoms with van der Waals surface area (Å²) in [6, 6.07) is 3.22. The first kappa shape index (κ1) is 13.3. The molecule has 18 heavy (non-hydrogen) atoms. The summed E-state index contributed by atoms with van der Waals surface area (Å²) in [6.07, 6.45) is 2.66. The molecule has 1 N–H and O–H groups in total. The first-order chi connectivity index (χ1) is 8.54. The highest BCUT2D eigenvalue weighted by molar-refractivity contribution is 6.18. The number of nitrogens with one attached hydrogen (secondary N) is 1. The molecule has 1 saturated carbocycles. The maximum Gasteiger partial charge on any atom is 0.224 e. The fourth-order valence-electron chi connectivity index (χ4n) is 2.07. The molecule has 2 rings (SSSR count). The topological polar surface area (TPSA) is 29.1 Å². The van der Waals surface area contributed by atoms with Crippen molar-refractivity contribution in [1.29, 1.82) is 0 Å². The van der Waals surface area contributed by atoms with E-state index in [9.17, 15) is 13.6 Å². The lowest BCUT2D eigenvalue weighted by molar-refractivity contribution is -0.123. The van der Waals surface area contributed by atoms with E-state index in [-0.39, 0.29) is 23.4 Å². The number of amides is 1. The third kappa shape index (κ3) is 2.80. The second-order valence-electron chi connectivity index (χ2n) is 4.73. The van der Waals surface area contributed by atoms with Gasteiger partial charge in [-0.2, -0.15) is 0 Å². The molecule has 0 aromatic heterocycles. The highest BCUT2D eigenvalue weighted by Crippen LogP contribution is 2.32. The van der Waals surface area contributed by atoms with E-state index in [0.29, 0.717) is 5.88 Å². The zero-order valence-corrected chi connectivity index (χ0v) is 10.6. The number of alkyl halides is 1. The molecule has 0 spiro atoms. The van der Waals surface area contributed by atoms with Crippen molar-refractivity contribution in [2.45, 2.75) is 31.2 Å². The SMILES string of the molecule is O=C(Cc1ccc(F)cc1F)NC1(CCl)CCC1. The first-order valence-electron chi connectivity index (χ1n) is 5.86. The van der Waals surface area contributed by atoms with Gasteiger partial charge in [0, 0.05) is 11.9 Å². The minimum Gasteiger partial charge on any atom is -0.349 e. The molecule has 2 nitrogen and oxygen atoms in total. The number of benzene rings is 1. The molecule has 98 valence electrons. The lowest BCUT2D eigenvalue weighted by Crippen LogP contribution is -2.55. The van der Waals surface area contributed by atoms with Crippen molar-refractivity contribution in [3.8, 4) is 0 Å². The first-order valence-corrected chi connectivity index (χ1v) is 6.39. The van der Waals surface area contributed by atoms with Crippen LogP contribution in [0.25, 0.3) is 0 Å². The predicted octanol–water partition coefficient (Wildman–Crippen LogP) is 2.79. The maximum absolute atomic E-state index is 13.4. The smallest absolute Gasteiger partial charge is 0.224 e. The summed E-state index contributed by atoms with van der Waals surface area (Å²) in [5.74, 6) is -1.25. The number of carbonyl (C=O) groups excluding carboxylic acids is 1. The molecule has 1 aliphatic carbocycles. The van der Waals surface area contributed by atoms with Gasteiger partial charge in [0.25, 0.3) is 0 Å². The molecule has 0 radical (unpaired) electrons. The van der Waals surface area contributed by atoms with Gasteiger partial charge in [0.2, 0.25) is 5.91 Å². The lowest BCUT2D eigenvalue weighted by atomic mass is 9.78. The number of hydrogen-bond donors (Lipinski definition) is 1. The highest BCUT2D eigenvalue weighted by Gasteiger charge is 2.37. The number of halogens is 3. The fourth-order valence-corrected chi connectivity index (χ4v) is 2.41. The van der Waals surface area contributed by atoms with Gasteiger partial charge in [0.05, 0.1) is 12.0 Å². The van der Waals surface area contributed by atoms with Crippen LogP contribution in [0.4, 0.5) is 8.78 Å². The van der Waals surface area contributed by atoms with Crippen LogP contribution < -0.4 is 5.32 Å². The van der Waals surface area contributed by atoms with Crippen LogP contribution in [0.3, 0.4) is 0 Å². The summed E-state index contributed by atoms with van der Waals surface area (Å²) < 4.78 is 26.1. The van der Waals surface area contributed by atoms with Gasteiger partial charge < -0.3 is 5.32 Å². The van der Waals surface area contributed by atoms with Crippen molar-refractivity contribution in [2.24, 2.45) is 0 Å². The Morgan fingerprint density at radius 1 is 1.39 bits per heavy atom. The molecule has 0 heterocycles. The second-order valence-corrected chi connectivity index (χ2v) is 5.00. The molecule has 0 atom stereocenters. The molecule has 1 aliphatic rings. The van der Waals surface area contributed by atoms with E-state index >= 15 is 0 Å². The molecular formula is C13H14ClF2NO. The van der Waals surface area contributed by atoms with Crippen molar-refractivity contribution < 1.29 is 13.6 Å². The van der Waals surface area contributed by atoms with E-state index < -0.39 is 11.6 Å². The minimum absolute atomic E-state index is 0.0925. The third-order valence-electron chi connectivity index (χ3n) is 3.34. The van der Waals surface area contributed by atoms with E-state index in [2.05, 4.69) is 5.32 Å². The molecule has 1 fully saturated rings. The van der Waals surface area contributed by atoms with E-state index in [1.165, 1.54) is 6.07 Å². The molecule has 0 unspecified atom stereocenters. The zero-order chi connectivity index (χ0) is 13.2. The van der Waals surface area contributed by atoms with E-state index in [0.717, 1.165) is 31.4 Å². The lowest BCUT2D eigenvalue weighted by Gasteiger charge is -2.41. The van der Waals surface area contributed by atoms with Gasteiger partial charge in [0.1, 0.15) is 11.6 Å². The number of carbonyl (C=O) groups is 1. The van der Waals surface area contributed by atoms with Crippen LogP contribution in [0.15, 0.2) is 18.2 Å². The van der Waals surface area contributed by atoms with E-state index in [4.69, 9.17) is 11.6 Å². The molecule has 0 bridgehead atoms. The molecule has 0 aliphatic heterocycles. The van der Waals surface area contributed by atoms with Gasteiger partial charge in [0.15, 0.2) is 0 Å². The van der Waals surface area contributed by atoms with Crippen LogP contribution in [0.2, 0.25) is 0 Å². The Morgan fingerprint density at radius 2 is 2.11 bits per heavy atom. The van der Waals surface area contributed by atoms with Gasteiger partial charge in [-0.3, -0.25) is 4.79 Å². The average molecular weight is 274 g/mol. The standard InChI is InChI=1S/C13H14ClF2NO/c14-8-13(4-1-5-13)17-12(18)6-9-2-3-10(15)7-11(9)16/h2-3,7H,1,4-6,8H2,(H,17,18). The summed E-state index contributed by atoms with van der Waals surface area (Å²) in [5, 5.41) is 2.84. The van der Waals surface area contributed by atoms with Gasteiger partial charge in [-0.15, -0.1) is 11.6 Å². The number of hydrogen-bond acceptors (Lipinski definition) is 1. The Labute approximate surface area is 109 Å². The summed E-state index contributed by atoms with van der Waals surface area (Å²) >= 11 is 5.82. The van der Waals surface area contributed by atoms with Crippen LogP contribution in [0.1, 0.15) is 24.8 Å². The van der Waals surface area contributed by atoms with Gasteiger partial charge >= 0.3 is 0 Å². The quantitative estimate of drug-likeness (QED) is 0.840. The van der Waals surface area contributed by atoms with Gasteiger partial charge in [-0.1, -0.05) is 6.07 Å². The summed E-state index contributed by atoms with van der Waals surface area (Å²) in [5.41, 5.74) is -0.132. The molecule has 5 heteroatoms. The van der Waals surface area contributed by atoms with Crippen molar-refractivity contribution >= 4 is 17.5 Å². The Bertz CT molecular complexity index is 455. The van der Waals surface area contributed by atoms with E-state index in [1.54, 1.807) is 0 Å². The Balaban J connectivity index is 1.98. The van der Waals surface area contributed by atoms with Crippen molar-refractivity contribution in [1.82, 2.24) is 5.32 Å². The molecule has 1 aromatic rings. The average Bonchev–Trinajstić information content (AvgIpc) is 2.27. The van der Waals surface area contributed by atoms with Crippen molar-refractivity contribution in [3.63, 3.8) is 0 Å². The van der Waals surface area contributed by atoms with Crippen LogP contribution in [-0.4, -0.2) is 17.3 Å². The molecule has 1 aromatic carbocycles. The highest BCUT2D eigenvalue weighted by atomic mass is 35.5. The zero-order valence-electron chi connectivity index (χ0n) is 9.81. The summed E-state index contributed by atoms with van der Waals surface area (Å²) in [6.45, 7) is 0. The Hall–Kier alpha value is -1.16. The molecular weight excluding hydrogens is 260 g/mol. The second kappa shape index (κ2) is 5.22. The Morgan fingerprint density at radius 3 is 2.61 bits per heavy atom. The number of rotatable bonds is 4. The summed E-state index contributed by atoms with van der Waals surface area (Å²) in [7, 11) is 0. The minimum atomic E-state index is -0.696. The largest absolute Gasteiger partial charge is 0.349 e. The fraction of sp³-hybridized carbons (Fsp3) is 0.462. The van der Waals surface area contributed by atoms with Crippen molar-refractivity contribution in [3.05, 3.63) is 35.4 Å². The normalized spacial score (nSPS) is 17.1. The van der Waals surface area contributed by atoms with Gasteiger partial charge in [-0.25, -0.2) is 8.78 Å². The van der Waals surface area contributed by atoms with Crippen molar-refractivity contribution in [2.75, 3.05) is 5.88 Å². The molecule has 0 saturated heterocycles.